The second kappa shape index (κ2) is 8.11. The third-order valence-corrected chi connectivity index (χ3v) is 2.51. The molecule has 0 bridgehead atoms. The van der Waals surface area contributed by atoms with Crippen LogP contribution in [0.5, 0.6) is 0 Å². The van der Waals surface area contributed by atoms with Crippen LogP contribution in [0.1, 0.15) is 25.3 Å². The Morgan fingerprint density at radius 1 is 0.944 bits per heavy atom. The molecule has 18 heavy (non-hydrogen) atoms. The quantitative estimate of drug-likeness (QED) is 0.554. The van der Waals surface area contributed by atoms with Gasteiger partial charge in [-0.05, 0) is 50.2 Å². The Bertz CT molecular complexity index is 346. The average Bonchev–Trinajstić information content (AvgIpc) is 2.34. The summed E-state index contributed by atoms with van der Waals surface area (Å²) in [5.74, 6) is -3.70. The van der Waals surface area contributed by atoms with E-state index in [2.05, 4.69) is 17.6 Å². The van der Waals surface area contributed by atoms with Crippen LogP contribution < -0.4 is 10.6 Å². The number of benzene rings is 1. The first kappa shape index (κ1) is 15.0. The molecular formula is C13H19F3N2. The summed E-state index contributed by atoms with van der Waals surface area (Å²) in [7, 11) is 0. The van der Waals surface area contributed by atoms with Crippen LogP contribution in [0.15, 0.2) is 12.1 Å². The van der Waals surface area contributed by atoms with Crippen molar-refractivity contribution >= 4 is 0 Å². The molecule has 0 heterocycles. The molecule has 0 saturated heterocycles. The normalized spacial score (nSPS) is 10.9. The molecule has 0 radical (unpaired) electrons. The maximum absolute atomic E-state index is 12.9. The SMILES string of the molecule is CCCNCCCNCc1cc(F)c(F)c(F)c1. The lowest BCUT2D eigenvalue weighted by atomic mass is 10.2. The smallest absolute Gasteiger partial charge is 0.194 e. The van der Waals surface area contributed by atoms with E-state index in [9.17, 15) is 13.2 Å². The van der Waals surface area contributed by atoms with Crippen LogP contribution in [0.2, 0.25) is 0 Å². The minimum Gasteiger partial charge on any atom is -0.317 e. The largest absolute Gasteiger partial charge is 0.317 e. The van der Waals surface area contributed by atoms with Crippen molar-refractivity contribution in [1.82, 2.24) is 10.6 Å². The third kappa shape index (κ3) is 5.06. The van der Waals surface area contributed by atoms with Gasteiger partial charge in [0, 0.05) is 6.54 Å². The fourth-order valence-electron chi connectivity index (χ4n) is 1.58. The van der Waals surface area contributed by atoms with Crippen molar-refractivity contribution in [2.45, 2.75) is 26.3 Å². The van der Waals surface area contributed by atoms with Gasteiger partial charge in [0.05, 0.1) is 0 Å². The maximum atomic E-state index is 12.9. The standard InChI is InChI=1S/C13H19F3N2/c1-2-4-17-5-3-6-18-9-10-7-11(14)13(16)12(15)8-10/h7-8,17-18H,2-6,9H2,1H3. The minimum absolute atomic E-state index is 0.335. The van der Waals surface area contributed by atoms with Crippen LogP contribution in [0.25, 0.3) is 0 Å². The Morgan fingerprint density at radius 3 is 2.17 bits per heavy atom. The van der Waals surface area contributed by atoms with Crippen molar-refractivity contribution in [2.75, 3.05) is 19.6 Å². The van der Waals surface area contributed by atoms with Gasteiger partial charge in [0.1, 0.15) is 0 Å². The van der Waals surface area contributed by atoms with Gasteiger partial charge < -0.3 is 10.6 Å². The zero-order valence-electron chi connectivity index (χ0n) is 10.5. The highest BCUT2D eigenvalue weighted by atomic mass is 19.2. The van der Waals surface area contributed by atoms with E-state index in [-0.39, 0.29) is 0 Å². The van der Waals surface area contributed by atoms with E-state index in [0.717, 1.165) is 44.6 Å². The zero-order valence-corrected chi connectivity index (χ0v) is 10.5. The summed E-state index contributed by atoms with van der Waals surface area (Å²) in [5.41, 5.74) is 0.410. The number of halogens is 3. The van der Waals surface area contributed by atoms with Gasteiger partial charge in [-0.3, -0.25) is 0 Å². The summed E-state index contributed by atoms with van der Waals surface area (Å²) in [6.07, 6.45) is 2.04. The molecule has 5 heteroatoms. The number of hydrogen-bond acceptors (Lipinski definition) is 2. The van der Waals surface area contributed by atoms with Crippen LogP contribution in [-0.2, 0) is 6.54 Å². The lowest BCUT2D eigenvalue weighted by Crippen LogP contribution is -2.22. The van der Waals surface area contributed by atoms with Gasteiger partial charge in [-0.15, -0.1) is 0 Å². The number of nitrogens with one attached hydrogen (secondary N) is 2. The Kier molecular flexibility index (Phi) is 6.75. The molecule has 2 N–H and O–H groups in total. The molecule has 0 saturated carbocycles. The van der Waals surface area contributed by atoms with Crippen molar-refractivity contribution < 1.29 is 13.2 Å². The molecule has 0 aliphatic heterocycles. The van der Waals surface area contributed by atoms with Crippen LogP contribution in [-0.4, -0.2) is 19.6 Å². The van der Waals surface area contributed by atoms with Gasteiger partial charge in [0.15, 0.2) is 17.5 Å². The van der Waals surface area contributed by atoms with Gasteiger partial charge in [-0.1, -0.05) is 6.92 Å². The van der Waals surface area contributed by atoms with E-state index in [1.807, 2.05) is 0 Å². The van der Waals surface area contributed by atoms with Gasteiger partial charge in [0.2, 0.25) is 0 Å². The van der Waals surface area contributed by atoms with E-state index in [0.29, 0.717) is 12.1 Å². The highest BCUT2D eigenvalue weighted by Crippen LogP contribution is 2.13. The summed E-state index contributed by atoms with van der Waals surface area (Å²) in [5, 5.41) is 6.31. The molecule has 0 aliphatic rings. The topological polar surface area (TPSA) is 24.1 Å². The fourth-order valence-corrected chi connectivity index (χ4v) is 1.58. The molecule has 0 atom stereocenters. The highest BCUT2D eigenvalue weighted by Gasteiger charge is 2.09. The second-order valence-electron chi connectivity index (χ2n) is 4.15. The van der Waals surface area contributed by atoms with Crippen LogP contribution in [0.3, 0.4) is 0 Å². The van der Waals surface area contributed by atoms with Gasteiger partial charge >= 0.3 is 0 Å². The highest BCUT2D eigenvalue weighted by molar-refractivity contribution is 5.19. The van der Waals surface area contributed by atoms with Crippen molar-refractivity contribution in [3.05, 3.63) is 35.1 Å². The first-order valence-corrected chi connectivity index (χ1v) is 6.20. The Morgan fingerprint density at radius 2 is 1.56 bits per heavy atom. The fraction of sp³-hybridized carbons (Fsp3) is 0.538. The van der Waals surface area contributed by atoms with E-state index in [1.165, 1.54) is 0 Å². The van der Waals surface area contributed by atoms with E-state index >= 15 is 0 Å². The lowest BCUT2D eigenvalue weighted by molar-refractivity contribution is 0.444. The van der Waals surface area contributed by atoms with Crippen LogP contribution in [0.4, 0.5) is 13.2 Å². The number of rotatable bonds is 8. The predicted molar refractivity (Wildman–Crippen MR) is 65.8 cm³/mol. The molecule has 0 aliphatic carbocycles. The molecule has 0 unspecified atom stereocenters. The van der Waals surface area contributed by atoms with Crippen molar-refractivity contribution in [2.24, 2.45) is 0 Å². The first-order valence-electron chi connectivity index (χ1n) is 6.20. The van der Waals surface area contributed by atoms with E-state index in [1.54, 1.807) is 0 Å². The number of hydrogen-bond donors (Lipinski definition) is 2. The summed E-state index contributed by atoms with van der Waals surface area (Å²) in [6, 6.07) is 2.03. The van der Waals surface area contributed by atoms with Gasteiger partial charge in [-0.2, -0.15) is 0 Å². The first-order chi connectivity index (χ1) is 8.65. The van der Waals surface area contributed by atoms with Gasteiger partial charge in [-0.25, -0.2) is 13.2 Å². The van der Waals surface area contributed by atoms with Crippen LogP contribution in [0, 0.1) is 17.5 Å². The molecule has 1 aromatic rings. The van der Waals surface area contributed by atoms with Gasteiger partial charge in [0.25, 0.3) is 0 Å². The lowest BCUT2D eigenvalue weighted by Gasteiger charge is -2.06. The van der Waals surface area contributed by atoms with E-state index in [4.69, 9.17) is 0 Å². The molecule has 0 spiro atoms. The average molecular weight is 260 g/mol. The third-order valence-electron chi connectivity index (χ3n) is 2.51. The maximum Gasteiger partial charge on any atom is 0.194 e. The molecule has 2 nitrogen and oxygen atoms in total. The Labute approximate surface area is 106 Å². The molecule has 0 fully saturated rings. The molecule has 0 amide bonds. The summed E-state index contributed by atoms with van der Waals surface area (Å²) in [4.78, 5) is 0. The Balaban J connectivity index is 2.23. The molecule has 102 valence electrons. The Hall–Kier alpha value is -1.07. The van der Waals surface area contributed by atoms with Crippen molar-refractivity contribution in [1.29, 1.82) is 0 Å². The molecule has 1 aromatic carbocycles. The monoisotopic (exact) mass is 260 g/mol. The minimum atomic E-state index is -1.41. The molecule has 1 rings (SSSR count). The summed E-state index contributed by atoms with van der Waals surface area (Å²) < 4.78 is 38.5. The summed E-state index contributed by atoms with van der Waals surface area (Å²) >= 11 is 0. The second-order valence-corrected chi connectivity index (χ2v) is 4.15. The predicted octanol–water partition coefficient (Wildman–Crippen LogP) is 2.58. The van der Waals surface area contributed by atoms with Crippen molar-refractivity contribution in [3.63, 3.8) is 0 Å². The zero-order chi connectivity index (χ0) is 13.4. The summed E-state index contributed by atoms with van der Waals surface area (Å²) in [6.45, 7) is 5.09. The van der Waals surface area contributed by atoms with Crippen LogP contribution >= 0.6 is 0 Å². The molecular weight excluding hydrogens is 241 g/mol. The van der Waals surface area contributed by atoms with Crippen molar-refractivity contribution in [3.8, 4) is 0 Å². The van der Waals surface area contributed by atoms with E-state index < -0.39 is 17.5 Å². The molecule has 0 aromatic heterocycles.